The van der Waals surface area contributed by atoms with Crippen LogP contribution in [0.25, 0.3) is 0 Å². The molecule has 0 aliphatic carbocycles. The van der Waals surface area contributed by atoms with Gasteiger partial charge in [0.2, 0.25) is 0 Å². The molecule has 0 aliphatic heterocycles. The first-order valence-electron chi connectivity index (χ1n) is 5.98. The number of carbonyl (C=O) groups is 1. The molecule has 0 unspecified atom stereocenters. The lowest BCUT2D eigenvalue weighted by Gasteiger charge is -2.15. The van der Waals surface area contributed by atoms with Crippen molar-refractivity contribution in [3.05, 3.63) is 28.8 Å². The highest BCUT2D eigenvalue weighted by atomic mass is 32.2. The van der Waals surface area contributed by atoms with Crippen molar-refractivity contribution in [2.45, 2.75) is 30.3 Å². The van der Waals surface area contributed by atoms with E-state index in [1.807, 2.05) is 6.07 Å². The summed E-state index contributed by atoms with van der Waals surface area (Å²) in [6.45, 7) is 1.56. The van der Waals surface area contributed by atoms with E-state index < -0.39 is 11.5 Å². The maximum atomic E-state index is 12.5. The average Bonchev–Trinajstić information content (AvgIpc) is 2.37. The first-order chi connectivity index (χ1) is 9.82. The van der Waals surface area contributed by atoms with Crippen LogP contribution >= 0.6 is 11.8 Å². The van der Waals surface area contributed by atoms with Crippen molar-refractivity contribution in [1.29, 1.82) is 5.26 Å². The summed E-state index contributed by atoms with van der Waals surface area (Å²) in [4.78, 5) is 11.4. The van der Waals surface area contributed by atoms with Crippen LogP contribution in [0.3, 0.4) is 0 Å². The molecule has 1 aromatic carbocycles. The van der Waals surface area contributed by atoms with Crippen molar-refractivity contribution in [3.63, 3.8) is 0 Å². The number of carbonyl (C=O) groups excluding carboxylic acids is 1. The molecule has 114 valence electrons. The predicted octanol–water partition coefficient (Wildman–Crippen LogP) is 2.73. The van der Waals surface area contributed by atoms with Gasteiger partial charge in [0.25, 0.3) is 0 Å². The van der Waals surface area contributed by atoms with E-state index in [0.29, 0.717) is 0 Å². The fourth-order valence-electron chi connectivity index (χ4n) is 1.78. The number of halogens is 3. The minimum atomic E-state index is -4.47. The van der Waals surface area contributed by atoms with Crippen LogP contribution in [0.15, 0.2) is 17.0 Å². The number of nitrogens with zero attached hydrogens (tertiary/aromatic N) is 1. The molecule has 4 nitrogen and oxygen atoms in total. The van der Waals surface area contributed by atoms with Crippen molar-refractivity contribution in [2.75, 3.05) is 6.61 Å². The topological polar surface area (TPSA) is 76.1 Å². The van der Waals surface area contributed by atoms with Gasteiger partial charge in [-0.05, 0) is 41.9 Å². The van der Waals surface area contributed by atoms with Gasteiger partial charge < -0.3 is 10.5 Å². The van der Waals surface area contributed by atoms with Crippen LogP contribution in [0.4, 0.5) is 13.2 Å². The first-order valence-corrected chi connectivity index (χ1v) is 6.80. The van der Waals surface area contributed by atoms with Crippen molar-refractivity contribution in [2.24, 2.45) is 5.73 Å². The van der Waals surface area contributed by atoms with Crippen LogP contribution in [0, 0.1) is 11.3 Å². The molecule has 21 heavy (non-hydrogen) atoms. The maximum absolute atomic E-state index is 12.5. The number of hydrogen-bond acceptors (Lipinski definition) is 5. The van der Waals surface area contributed by atoms with Gasteiger partial charge in [-0.25, -0.2) is 0 Å². The Morgan fingerprint density at radius 2 is 2.10 bits per heavy atom. The molecule has 0 radical (unpaired) electrons. The van der Waals surface area contributed by atoms with Crippen LogP contribution in [0.5, 0.6) is 0 Å². The lowest BCUT2D eigenvalue weighted by Crippen LogP contribution is -2.14. The molecular weight excluding hydrogens is 305 g/mol. The van der Waals surface area contributed by atoms with Gasteiger partial charge in [0.1, 0.15) is 0 Å². The number of hydrogen-bond donors (Lipinski definition) is 1. The maximum Gasteiger partial charge on any atom is 0.446 e. The van der Waals surface area contributed by atoms with E-state index in [1.165, 1.54) is 12.1 Å². The largest absolute Gasteiger partial charge is 0.466 e. The molecule has 0 saturated carbocycles. The SMILES string of the molecule is CCOC(=O)Cc1c(C#N)ccc(SC(F)(F)F)c1CN. The van der Waals surface area contributed by atoms with Crippen molar-refractivity contribution >= 4 is 17.7 Å². The fraction of sp³-hybridized carbons (Fsp3) is 0.385. The Kier molecular flexibility index (Phi) is 6.05. The summed E-state index contributed by atoms with van der Waals surface area (Å²) in [5, 5.41) is 9.03. The molecule has 0 atom stereocenters. The summed E-state index contributed by atoms with van der Waals surface area (Å²) in [7, 11) is 0. The smallest absolute Gasteiger partial charge is 0.446 e. The molecule has 2 N–H and O–H groups in total. The lowest BCUT2D eigenvalue weighted by atomic mass is 9.98. The van der Waals surface area contributed by atoms with Gasteiger partial charge in [0.15, 0.2) is 0 Å². The molecule has 1 aromatic rings. The molecule has 0 bridgehead atoms. The number of nitriles is 1. The summed E-state index contributed by atoms with van der Waals surface area (Å²) in [5.41, 5.74) is 1.48. The standard InChI is InChI=1S/C13H13F3N2O2S/c1-2-20-12(19)5-9-8(6-17)3-4-11(10(9)7-18)21-13(14,15)16/h3-4H,2,5,7,18H2,1H3. The second kappa shape index (κ2) is 7.33. The second-order valence-electron chi connectivity index (χ2n) is 3.91. The van der Waals surface area contributed by atoms with E-state index in [2.05, 4.69) is 0 Å². The number of ether oxygens (including phenoxy) is 1. The number of thioether (sulfide) groups is 1. The van der Waals surface area contributed by atoms with E-state index in [4.69, 9.17) is 15.7 Å². The van der Waals surface area contributed by atoms with E-state index in [-0.39, 0.29) is 52.9 Å². The quantitative estimate of drug-likeness (QED) is 0.667. The number of nitrogens with two attached hydrogens (primary N) is 1. The Hall–Kier alpha value is -1.72. The second-order valence-corrected chi connectivity index (χ2v) is 5.02. The number of alkyl halides is 3. The van der Waals surface area contributed by atoms with E-state index >= 15 is 0 Å². The lowest BCUT2D eigenvalue weighted by molar-refractivity contribution is -0.142. The Balaban J connectivity index is 3.27. The summed E-state index contributed by atoms with van der Waals surface area (Å²) in [5.74, 6) is -0.613. The summed E-state index contributed by atoms with van der Waals surface area (Å²) in [6.07, 6.45) is -0.282. The molecule has 1 rings (SSSR count). The third kappa shape index (κ3) is 4.95. The van der Waals surface area contributed by atoms with E-state index in [1.54, 1.807) is 6.92 Å². The zero-order chi connectivity index (χ0) is 16.0. The fourth-order valence-corrected chi connectivity index (χ4v) is 2.49. The van der Waals surface area contributed by atoms with Gasteiger partial charge in [0.05, 0.1) is 24.7 Å². The Morgan fingerprint density at radius 3 is 2.57 bits per heavy atom. The molecule has 0 heterocycles. The molecule has 0 saturated heterocycles. The predicted molar refractivity (Wildman–Crippen MR) is 71.3 cm³/mol. The molecular formula is C13H13F3N2O2S. The van der Waals surface area contributed by atoms with Gasteiger partial charge in [-0.3, -0.25) is 4.79 Å². The zero-order valence-corrected chi connectivity index (χ0v) is 12.0. The number of rotatable bonds is 5. The van der Waals surface area contributed by atoms with Gasteiger partial charge in [-0.2, -0.15) is 18.4 Å². The van der Waals surface area contributed by atoms with Crippen LogP contribution < -0.4 is 5.73 Å². The van der Waals surface area contributed by atoms with Crippen LogP contribution in [-0.4, -0.2) is 18.1 Å². The Bertz CT molecular complexity index is 568. The molecule has 0 aromatic heterocycles. The van der Waals surface area contributed by atoms with Crippen LogP contribution in [-0.2, 0) is 22.5 Å². The van der Waals surface area contributed by atoms with Crippen LogP contribution in [0.1, 0.15) is 23.6 Å². The Morgan fingerprint density at radius 1 is 1.43 bits per heavy atom. The minimum absolute atomic E-state index is 0.108. The highest BCUT2D eigenvalue weighted by molar-refractivity contribution is 8.00. The molecule has 8 heteroatoms. The van der Waals surface area contributed by atoms with Gasteiger partial charge in [-0.15, -0.1) is 0 Å². The first kappa shape index (κ1) is 17.3. The van der Waals surface area contributed by atoms with Gasteiger partial charge in [-0.1, -0.05) is 0 Å². The highest BCUT2D eigenvalue weighted by Gasteiger charge is 2.31. The normalized spacial score (nSPS) is 11.0. The zero-order valence-electron chi connectivity index (χ0n) is 11.2. The third-order valence-electron chi connectivity index (χ3n) is 2.56. The molecule has 0 spiro atoms. The van der Waals surface area contributed by atoms with Crippen LogP contribution in [0.2, 0.25) is 0 Å². The minimum Gasteiger partial charge on any atom is -0.466 e. The molecule has 0 amide bonds. The molecule has 0 fully saturated rings. The monoisotopic (exact) mass is 318 g/mol. The third-order valence-corrected chi connectivity index (χ3v) is 3.40. The van der Waals surface area contributed by atoms with E-state index in [9.17, 15) is 18.0 Å². The Labute approximate surface area is 124 Å². The van der Waals surface area contributed by atoms with Crippen molar-refractivity contribution < 1.29 is 22.7 Å². The van der Waals surface area contributed by atoms with Crippen molar-refractivity contribution in [3.8, 4) is 6.07 Å². The average molecular weight is 318 g/mol. The summed E-state index contributed by atoms with van der Waals surface area (Å²) in [6, 6.07) is 4.29. The highest BCUT2D eigenvalue weighted by Crippen LogP contribution is 2.40. The van der Waals surface area contributed by atoms with Gasteiger partial charge in [0, 0.05) is 11.4 Å². The number of benzene rings is 1. The summed E-state index contributed by atoms with van der Waals surface area (Å²) >= 11 is -0.316. The van der Waals surface area contributed by atoms with Crippen molar-refractivity contribution in [1.82, 2.24) is 0 Å². The summed E-state index contributed by atoms with van der Waals surface area (Å²) < 4.78 is 42.3. The number of esters is 1. The molecule has 0 aliphatic rings. The van der Waals surface area contributed by atoms with E-state index in [0.717, 1.165) is 0 Å². The van der Waals surface area contributed by atoms with Gasteiger partial charge >= 0.3 is 11.5 Å².